The highest BCUT2D eigenvalue weighted by molar-refractivity contribution is 9.10. The number of rotatable bonds is 3. The Kier molecular flexibility index (Phi) is 3.13. The normalized spacial score (nSPS) is 35.3. The van der Waals surface area contributed by atoms with Crippen LogP contribution in [-0.4, -0.2) is 25.0 Å². The van der Waals surface area contributed by atoms with Gasteiger partial charge in [0.05, 0.1) is 15.8 Å². The lowest BCUT2D eigenvalue weighted by atomic mass is 9.47. The summed E-state index contributed by atoms with van der Waals surface area (Å²) in [5, 5.41) is 15.6. The third-order valence-electron chi connectivity index (χ3n) is 6.59. The summed E-state index contributed by atoms with van der Waals surface area (Å²) >= 11 is 5.05. The quantitative estimate of drug-likeness (QED) is 0.614. The van der Waals surface area contributed by atoms with E-state index in [1.165, 1.54) is 19.3 Å². The molecule has 26 heavy (non-hydrogen) atoms. The van der Waals surface area contributed by atoms with Crippen molar-refractivity contribution in [3.63, 3.8) is 0 Å². The van der Waals surface area contributed by atoms with Crippen molar-refractivity contribution < 1.29 is 4.42 Å². The molecule has 0 N–H and O–H groups in total. The molecule has 0 amide bonds. The molecule has 7 rings (SSSR count). The van der Waals surface area contributed by atoms with Crippen molar-refractivity contribution >= 4 is 27.3 Å². The van der Waals surface area contributed by atoms with Gasteiger partial charge in [0.2, 0.25) is 10.6 Å². The molecule has 0 aliphatic heterocycles. The maximum Gasteiger partial charge on any atom is 0.257 e. The van der Waals surface area contributed by atoms with Gasteiger partial charge in [0.1, 0.15) is 6.33 Å². The first-order chi connectivity index (χ1) is 12.6. The molecule has 2 atom stereocenters. The summed E-state index contributed by atoms with van der Waals surface area (Å²) in [4.78, 5) is 5.37. The van der Waals surface area contributed by atoms with E-state index in [4.69, 9.17) is 4.42 Å². The van der Waals surface area contributed by atoms with Crippen molar-refractivity contribution in [2.24, 2.45) is 11.8 Å². The smallest absolute Gasteiger partial charge is 0.257 e. The Labute approximate surface area is 163 Å². The molecule has 3 heterocycles. The molecule has 4 bridgehead atoms. The van der Waals surface area contributed by atoms with E-state index in [9.17, 15) is 0 Å². The summed E-state index contributed by atoms with van der Waals surface area (Å²) in [5.41, 5.74) is 0.0334. The Bertz CT molecular complexity index is 950. The van der Waals surface area contributed by atoms with Gasteiger partial charge in [-0.25, -0.2) is 9.67 Å². The molecule has 0 spiro atoms. The lowest BCUT2D eigenvalue weighted by Crippen LogP contribution is -2.58. The van der Waals surface area contributed by atoms with Crippen LogP contribution in [0.5, 0.6) is 0 Å². The SMILES string of the molecule is Brc1ncn(C23CC4CC(CC(c5nnc(-c6cccs6)o5)(C4)C2)C3)n1. The molecular weight excluding hydrogens is 414 g/mol. The topological polar surface area (TPSA) is 69.6 Å². The van der Waals surface area contributed by atoms with Crippen LogP contribution in [0.2, 0.25) is 0 Å². The van der Waals surface area contributed by atoms with Gasteiger partial charge < -0.3 is 4.42 Å². The summed E-state index contributed by atoms with van der Waals surface area (Å²) in [7, 11) is 0. The minimum atomic E-state index is -0.00891. The average Bonchev–Trinajstić information content (AvgIpc) is 3.35. The third kappa shape index (κ3) is 2.14. The highest BCUT2D eigenvalue weighted by Crippen LogP contribution is 2.64. The van der Waals surface area contributed by atoms with Crippen LogP contribution in [0, 0.1) is 11.8 Å². The zero-order chi connectivity index (χ0) is 17.4. The average molecular weight is 432 g/mol. The van der Waals surface area contributed by atoms with E-state index in [0.717, 1.165) is 30.0 Å². The predicted molar refractivity (Wildman–Crippen MR) is 99.7 cm³/mol. The van der Waals surface area contributed by atoms with E-state index in [0.29, 0.717) is 22.5 Å². The Morgan fingerprint density at radius 3 is 2.73 bits per heavy atom. The minimum Gasteiger partial charge on any atom is -0.419 e. The Morgan fingerprint density at radius 1 is 1.19 bits per heavy atom. The fraction of sp³-hybridized carbons (Fsp3) is 0.556. The summed E-state index contributed by atoms with van der Waals surface area (Å²) in [5.74, 6) is 2.90. The van der Waals surface area contributed by atoms with Gasteiger partial charge in [0.15, 0.2) is 0 Å². The van der Waals surface area contributed by atoms with E-state index in [-0.39, 0.29) is 11.0 Å². The van der Waals surface area contributed by atoms with Crippen molar-refractivity contribution in [1.82, 2.24) is 25.0 Å². The second-order valence-electron chi connectivity index (χ2n) is 8.31. The number of halogens is 1. The molecule has 4 saturated carbocycles. The molecule has 3 aromatic rings. The second kappa shape index (κ2) is 5.25. The third-order valence-corrected chi connectivity index (χ3v) is 7.81. The summed E-state index contributed by atoms with van der Waals surface area (Å²) in [6.07, 6.45) is 8.93. The molecule has 134 valence electrons. The molecule has 4 aliphatic rings. The molecule has 6 nitrogen and oxygen atoms in total. The fourth-order valence-corrected chi connectivity index (χ4v) is 7.05. The minimum absolute atomic E-state index is 0.00891. The van der Waals surface area contributed by atoms with Crippen molar-refractivity contribution in [2.45, 2.75) is 49.5 Å². The van der Waals surface area contributed by atoms with Crippen LogP contribution in [0.25, 0.3) is 10.8 Å². The number of nitrogens with zero attached hydrogens (tertiary/aromatic N) is 5. The molecule has 3 aromatic heterocycles. The van der Waals surface area contributed by atoms with Crippen molar-refractivity contribution in [1.29, 1.82) is 0 Å². The number of thiophene rings is 1. The number of hydrogen-bond donors (Lipinski definition) is 0. The molecule has 2 unspecified atom stereocenters. The summed E-state index contributed by atoms with van der Waals surface area (Å²) in [6.45, 7) is 0. The van der Waals surface area contributed by atoms with Crippen LogP contribution in [-0.2, 0) is 11.0 Å². The van der Waals surface area contributed by atoms with E-state index in [2.05, 4.69) is 40.9 Å². The zero-order valence-corrected chi connectivity index (χ0v) is 16.5. The lowest BCUT2D eigenvalue weighted by molar-refractivity contribution is -0.0773. The molecule has 4 fully saturated rings. The van der Waals surface area contributed by atoms with E-state index in [1.807, 2.05) is 23.8 Å². The van der Waals surface area contributed by atoms with Gasteiger partial charge in [-0.3, -0.25) is 0 Å². The van der Waals surface area contributed by atoms with Gasteiger partial charge in [-0.05, 0) is 77.7 Å². The fourth-order valence-electron chi connectivity index (χ4n) is 6.14. The molecule has 0 saturated heterocycles. The van der Waals surface area contributed by atoms with E-state index >= 15 is 0 Å². The first-order valence-electron chi connectivity index (χ1n) is 9.10. The lowest BCUT2D eigenvalue weighted by Gasteiger charge is -2.60. The van der Waals surface area contributed by atoms with Gasteiger partial charge in [-0.15, -0.1) is 26.6 Å². The Hall–Kier alpha value is -1.54. The molecule has 8 heteroatoms. The first kappa shape index (κ1) is 15.5. The molecular formula is C18H18BrN5OS. The van der Waals surface area contributed by atoms with Crippen molar-refractivity contribution in [3.05, 3.63) is 34.5 Å². The van der Waals surface area contributed by atoms with Crippen LogP contribution >= 0.6 is 27.3 Å². The van der Waals surface area contributed by atoms with Gasteiger partial charge in [-0.2, -0.15) is 0 Å². The Balaban J connectivity index is 1.43. The maximum atomic E-state index is 6.23. The van der Waals surface area contributed by atoms with Crippen LogP contribution in [0.1, 0.15) is 44.4 Å². The standard InChI is InChI=1S/C18H18BrN5OS/c19-16-20-10-24(23-16)18-7-11-4-12(8-18)6-17(5-11,9-18)15-22-21-14(25-15)13-2-1-3-26-13/h1-3,10-12H,4-9H2. The van der Waals surface area contributed by atoms with Crippen LogP contribution in [0.3, 0.4) is 0 Å². The number of hydrogen-bond acceptors (Lipinski definition) is 6. The van der Waals surface area contributed by atoms with Crippen LogP contribution in [0.4, 0.5) is 0 Å². The van der Waals surface area contributed by atoms with E-state index in [1.54, 1.807) is 11.3 Å². The maximum absolute atomic E-state index is 6.23. The van der Waals surface area contributed by atoms with Gasteiger partial charge in [-0.1, -0.05) is 6.07 Å². The van der Waals surface area contributed by atoms with Gasteiger partial charge in [0.25, 0.3) is 5.89 Å². The summed E-state index contributed by atoms with van der Waals surface area (Å²) < 4.78 is 9.01. The van der Waals surface area contributed by atoms with Crippen molar-refractivity contribution in [3.8, 4) is 10.8 Å². The monoisotopic (exact) mass is 431 g/mol. The highest BCUT2D eigenvalue weighted by Gasteiger charge is 2.61. The van der Waals surface area contributed by atoms with Crippen molar-refractivity contribution in [2.75, 3.05) is 0 Å². The molecule has 0 aromatic carbocycles. The Morgan fingerprint density at radius 2 is 2.04 bits per heavy atom. The van der Waals surface area contributed by atoms with Crippen LogP contribution < -0.4 is 0 Å². The largest absolute Gasteiger partial charge is 0.419 e. The molecule has 4 aliphatic carbocycles. The summed E-state index contributed by atoms with van der Waals surface area (Å²) in [6, 6.07) is 4.06. The second-order valence-corrected chi connectivity index (χ2v) is 9.97. The van der Waals surface area contributed by atoms with Gasteiger partial charge in [0, 0.05) is 0 Å². The first-order valence-corrected chi connectivity index (χ1v) is 10.8. The number of aromatic nitrogens is 5. The van der Waals surface area contributed by atoms with Crippen LogP contribution in [0.15, 0.2) is 33.0 Å². The van der Waals surface area contributed by atoms with E-state index < -0.39 is 0 Å². The predicted octanol–water partition coefficient (Wildman–Crippen LogP) is 4.40. The highest BCUT2D eigenvalue weighted by atomic mass is 79.9. The zero-order valence-electron chi connectivity index (χ0n) is 14.1. The molecule has 0 radical (unpaired) electrons. The van der Waals surface area contributed by atoms with Gasteiger partial charge >= 0.3 is 0 Å².